The Balaban J connectivity index is 1.45. The van der Waals surface area contributed by atoms with Crippen molar-refractivity contribution in [1.29, 1.82) is 0 Å². The van der Waals surface area contributed by atoms with Gasteiger partial charge in [-0.2, -0.15) is 0 Å². The van der Waals surface area contributed by atoms with E-state index in [4.69, 9.17) is 20.8 Å². The van der Waals surface area contributed by atoms with Crippen molar-refractivity contribution in [2.24, 2.45) is 0 Å². The second kappa shape index (κ2) is 7.09. The number of benzene rings is 1. The van der Waals surface area contributed by atoms with Gasteiger partial charge >= 0.3 is 0 Å². The molecule has 1 amide bonds. The standard InChI is InChI=1S/C18H16ClN3O3S/c1-10(24-13-4-2-3-12(19)9-13)16(23)20-14-7-8-26-15(14)18-22-21-17(25-18)11-5-6-11/h2-4,7-11H,5-6H2,1H3,(H,20,23). The number of rotatable bonds is 6. The zero-order valence-corrected chi connectivity index (χ0v) is 15.5. The molecule has 1 aliphatic rings. The van der Waals surface area contributed by atoms with Crippen LogP contribution < -0.4 is 10.1 Å². The maximum atomic E-state index is 12.5. The number of halogens is 1. The molecule has 2 heterocycles. The molecule has 134 valence electrons. The van der Waals surface area contributed by atoms with Crippen LogP contribution in [0.4, 0.5) is 5.69 Å². The first-order valence-corrected chi connectivity index (χ1v) is 9.50. The Labute approximate surface area is 159 Å². The van der Waals surface area contributed by atoms with Gasteiger partial charge in [-0.25, -0.2) is 0 Å². The molecule has 1 aliphatic carbocycles. The summed E-state index contributed by atoms with van der Waals surface area (Å²) >= 11 is 7.38. The van der Waals surface area contributed by atoms with Gasteiger partial charge in [0.15, 0.2) is 6.10 Å². The van der Waals surface area contributed by atoms with Crippen LogP contribution in [0.5, 0.6) is 5.75 Å². The molecule has 1 atom stereocenters. The lowest BCUT2D eigenvalue weighted by Gasteiger charge is -2.14. The first-order valence-electron chi connectivity index (χ1n) is 8.24. The molecule has 26 heavy (non-hydrogen) atoms. The molecule has 0 aliphatic heterocycles. The first-order chi connectivity index (χ1) is 12.6. The second-order valence-corrected chi connectivity index (χ2v) is 7.44. The summed E-state index contributed by atoms with van der Waals surface area (Å²) in [4.78, 5) is 13.2. The predicted octanol–water partition coefficient (Wildman–Crippen LogP) is 4.73. The molecular weight excluding hydrogens is 374 g/mol. The van der Waals surface area contributed by atoms with Gasteiger partial charge in [0.1, 0.15) is 10.6 Å². The third-order valence-corrected chi connectivity index (χ3v) is 5.10. The second-order valence-electron chi connectivity index (χ2n) is 6.09. The number of hydrogen-bond acceptors (Lipinski definition) is 6. The topological polar surface area (TPSA) is 77.2 Å². The largest absolute Gasteiger partial charge is 0.481 e. The number of nitrogens with one attached hydrogen (secondary N) is 1. The smallest absolute Gasteiger partial charge is 0.265 e. The fourth-order valence-electron chi connectivity index (χ4n) is 2.43. The van der Waals surface area contributed by atoms with E-state index in [1.165, 1.54) is 11.3 Å². The van der Waals surface area contributed by atoms with Gasteiger partial charge in [0, 0.05) is 10.9 Å². The number of anilines is 1. The number of thiophene rings is 1. The number of amides is 1. The van der Waals surface area contributed by atoms with E-state index < -0.39 is 6.10 Å². The number of carbonyl (C=O) groups is 1. The third-order valence-electron chi connectivity index (χ3n) is 3.96. The Bertz CT molecular complexity index is 935. The van der Waals surface area contributed by atoms with Crippen molar-refractivity contribution < 1.29 is 13.9 Å². The van der Waals surface area contributed by atoms with Crippen LogP contribution in [0.1, 0.15) is 31.6 Å². The Morgan fingerprint density at radius 1 is 1.38 bits per heavy atom. The number of hydrogen-bond donors (Lipinski definition) is 1. The molecule has 1 unspecified atom stereocenters. The Morgan fingerprint density at radius 3 is 3.00 bits per heavy atom. The summed E-state index contributed by atoms with van der Waals surface area (Å²) in [7, 11) is 0. The van der Waals surface area contributed by atoms with Crippen LogP contribution in [0.25, 0.3) is 10.8 Å². The van der Waals surface area contributed by atoms with Crippen molar-refractivity contribution in [2.45, 2.75) is 31.8 Å². The van der Waals surface area contributed by atoms with Crippen molar-refractivity contribution in [3.8, 4) is 16.5 Å². The van der Waals surface area contributed by atoms with E-state index in [-0.39, 0.29) is 5.91 Å². The summed E-state index contributed by atoms with van der Waals surface area (Å²) in [5.41, 5.74) is 0.632. The van der Waals surface area contributed by atoms with Crippen molar-refractivity contribution in [1.82, 2.24) is 10.2 Å². The van der Waals surface area contributed by atoms with Crippen molar-refractivity contribution in [3.05, 3.63) is 46.6 Å². The summed E-state index contributed by atoms with van der Waals surface area (Å²) in [5, 5.41) is 13.5. The van der Waals surface area contributed by atoms with E-state index in [0.29, 0.717) is 34.2 Å². The molecule has 0 spiro atoms. The number of aromatic nitrogens is 2. The highest BCUT2D eigenvalue weighted by Gasteiger charge is 2.30. The zero-order chi connectivity index (χ0) is 18.1. The summed E-state index contributed by atoms with van der Waals surface area (Å²) < 4.78 is 11.4. The molecule has 8 heteroatoms. The van der Waals surface area contributed by atoms with E-state index in [1.54, 1.807) is 31.2 Å². The van der Waals surface area contributed by atoms with Gasteiger partial charge in [0.2, 0.25) is 5.89 Å². The molecule has 1 N–H and O–H groups in total. The average Bonchev–Trinajstić information content (AvgIpc) is 3.16. The van der Waals surface area contributed by atoms with Crippen LogP contribution in [0, 0.1) is 0 Å². The van der Waals surface area contributed by atoms with Crippen LogP contribution in [-0.4, -0.2) is 22.2 Å². The van der Waals surface area contributed by atoms with E-state index in [9.17, 15) is 4.79 Å². The molecule has 4 rings (SSSR count). The molecule has 1 saturated carbocycles. The Kier molecular flexibility index (Phi) is 4.65. The number of nitrogens with zero attached hydrogens (tertiary/aromatic N) is 2. The van der Waals surface area contributed by atoms with Crippen LogP contribution in [-0.2, 0) is 4.79 Å². The zero-order valence-electron chi connectivity index (χ0n) is 13.9. The molecule has 1 fully saturated rings. The van der Waals surface area contributed by atoms with E-state index in [1.807, 2.05) is 11.4 Å². The minimum absolute atomic E-state index is 0.272. The molecule has 0 saturated heterocycles. The molecule has 6 nitrogen and oxygen atoms in total. The maximum Gasteiger partial charge on any atom is 0.265 e. The van der Waals surface area contributed by atoms with E-state index in [0.717, 1.165) is 17.7 Å². The van der Waals surface area contributed by atoms with Gasteiger partial charge in [0.25, 0.3) is 11.8 Å². The van der Waals surface area contributed by atoms with E-state index >= 15 is 0 Å². The molecule has 1 aromatic carbocycles. The third kappa shape index (κ3) is 3.73. The Morgan fingerprint density at radius 2 is 2.23 bits per heavy atom. The SMILES string of the molecule is CC(Oc1cccc(Cl)c1)C(=O)Nc1ccsc1-c1nnc(C2CC2)o1. The van der Waals surface area contributed by atoms with Crippen LogP contribution in [0.15, 0.2) is 40.1 Å². The van der Waals surface area contributed by atoms with E-state index in [2.05, 4.69) is 15.5 Å². The fourth-order valence-corrected chi connectivity index (χ4v) is 3.38. The van der Waals surface area contributed by atoms with Gasteiger partial charge in [-0.1, -0.05) is 17.7 Å². The maximum absolute atomic E-state index is 12.5. The van der Waals surface area contributed by atoms with Gasteiger partial charge in [0.05, 0.1) is 5.69 Å². The highest BCUT2D eigenvalue weighted by atomic mass is 35.5. The first kappa shape index (κ1) is 17.1. The highest BCUT2D eigenvalue weighted by Crippen LogP contribution is 2.41. The van der Waals surface area contributed by atoms with Crippen molar-refractivity contribution in [3.63, 3.8) is 0 Å². The molecule has 0 bridgehead atoms. The normalized spacial score (nSPS) is 14.8. The molecule has 3 aromatic rings. The molecule has 0 radical (unpaired) electrons. The molecule has 2 aromatic heterocycles. The van der Waals surface area contributed by atoms with Gasteiger partial charge in [-0.3, -0.25) is 4.79 Å². The summed E-state index contributed by atoms with van der Waals surface area (Å²) in [6.07, 6.45) is 1.49. The minimum atomic E-state index is -0.689. The summed E-state index contributed by atoms with van der Waals surface area (Å²) in [6, 6.07) is 8.75. The van der Waals surface area contributed by atoms with Gasteiger partial charge < -0.3 is 14.5 Å². The fraction of sp³-hybridized carbons (Fsp3) is 0.278. The molecular formula is C18H16ClN3O3S. The van der Waals surface area contributed by atoms with Crippen LogP contribution in [0.2, 0.25) is 5.02 Å². The summed E-state index contributed by atoms with van der Waals surface area (Å²) in [5.74, 6) is 1.76. The average molecular weight is 390 g/mol. The minimum Gasteiger partial charge on any atom is -0.481 e. The predicted molar refractivity (Wildman–Crippen MR) is 99.8 cm³/mol. The van der Waals surface area contributed by atoms with Gasteiger partial charge in [-0.15, -0.1) is 21.5 Å². The lowest BCUT2D eigenvalue weighted by molar-refractivity contribution is -0.122. The summed E-state index contributed by atoms with van der Waals surface area (Å²) in [6.45, 7) is 1.68. The number of carbonyl (C=O) groups excluding carboxylic acids is 1. The van der Waals surface area contributed by atoms with Crippen molar-refractivity contribution in [2.75, 3.05) is 5.32 Å². The Hall–Kier alpha value is -2.38. The monoisotopic (exact) mass is 389 g/mol. The van der Waals surface area contributed by atoms with Gasteiger partial charge in [-0.05, 0) is 49.4 Å². The van der Waals surface area contributed by atoms with Crippen LogP contribution >= 0.6 is 22.9 Å². The highest BCUT2D eigenvalue weighted by molar-refractivity contribution is 7.14. The lowest BCUT2D eigenvalue weighted by atomic mass is 10.3. The quantitative estimate of drug-likeness (QED) is 0.659. The van der Waals surface area contributed by atoms with Crippen LogP contribution in [0.3, 0.4) is 0 Å². The number of ether oxygens (including phenoxy) is 1. The lowest BCUT2D eigenvalue weighted by Crippen LogP contribution is -2.30. The van der Waals surface area contributed by atoms with Crippen molar-refractivity contribution >= 4 is 34.5 Å².